The van der Waals surface area contributed by atoms with Gasteiger partial charge in [-0.25, -0.2) is 9.78 Å². The lowest BCUT2D eigenvalue weighted by Gasteiger charge is -2.03. The summed E-state index contributed by atoms with van der Waals surface area (Å²) in [4.78, 5) is 26.3. The normalized spacial score (nSPS) is 9.76. The molecule has 17 heavy (non-hydrogen) atoms. The summed E-state index contributed by atoms with van der Waals surface area (Å²) in [6.45, 7) is 1.97. The first-order chi connectivity index (χ1) is 8.11. The van der Waals surface area contributed by atoms with Crippen LogP contribution in [0.15, 0.2) is 23.4 Å². The van der Waals surface area contributed by atoms with Crippen molar-refractivity contribution >= 4 is 23.7 Å². The van der Waals surface area contributed by atoms with Gasteiger partial charge in [0.1, 0.15) is 0 Å². The smallest absolute Gasteiger partial charge is 0.321 e. The minimum absolute atomic E-state index is 0.285. The Balaban J connectivity index is 2.26. The van der Waals surface area contributed by atoms with E-state index >= 15 is 0 Å². The van der Waals surface area contributed by atoms with Crippen LogP contribution in [-0.2, 0) is 4.79 Å². The number of urea groups is 1. The number of amides is 3. The van der Waals surface area contributed by atoms with E-state index in [1.54, 1.807) is 6.20 Å². The number of hydrogen-bond acceptors (Lipinski definition) is 4. The van der Waals surface area contributed by atoms with Gasteiger partial charge in [0.2, 0.25) is 5.91 Å². The van der Waals surface area contributed by atoms with Crippen LogP contribution in [0.25, 0.3) is 0 Å². The third-order valence-corrected chi connectivity index (χ3v) is 2.89. The van der Waals surface area contributed by atoms with E-state index in [0.717, 1.165) is 10.6 Å². The number of hydrogen-bond donors (Lipinski definition) is 2. The second kappa shape index (κ2) is 6.90. The molecule has 0 radical (unpaired) electrons. The number of nitrogens with zero attached hydrogens (tertiary/aromatic N) is 1. The van der Waals surface area contributed by atoms with Gasteiger partial charge in [-0.05, 0) is 18.6 Å². The predicted octanol–water partition coefficient (Wildman–Crippen LogP) is 1.33. The minimum Gasteiger partial charge on any atom is -0.341 e. The second-order valence-corrected chi connectivity index (χ2v) is 4.51. The number of carbonyl (C=O) groups excluding carboxylic acids is 2. The largest absolute Gasteiger partial charge is 0.341 e. The molecule has 0 fully saturated rings. The van der Waals surface area contributed by atoms with Crippen molar-refractivity contribution in [3.63, 3.8) is 0 Å². The molecular weight excluding hydrogens is 238 g/mol. The summed E-state index contributed by atoms with van der Waals surface area (Å²) in [7, 11) is 1.47. The lowest BCUT2D eigenvalue weighted by Crippen LogP contribution is -2.37. The Morgan fingerprint density at radius 3 is 2.76 bits per heavy atom. The predicted molar refractivity (Wildman–Crippen MR) is 66.9 cm³/mol. The molecule has 0 saturated carbocycles. The van der Waals surface area contributed by atoms with Crippen molar-refractivity contribution in [2.45, 2.75) is 18.4 Å². The molecule has 0 unspecified atom stereocenters. The van der Waals surface area contributed by atoms with Crippen molar-refractivity contribution in [3.8, 4) is 0 Å². The van der Waals surface area contributed by atoms with E-state index in [1.807, 2.05) is 19.1 Å². The van der Waals surface area contributed by atoms with Gasteiger partial charge < -0.3 is 5.32 Å². The Labute approximate surface area is 104 Å². The third kappa shape index (κ3) is 5.35. The number of aryl methyl sites for hydroxylation is 1. The van der Waals surface area contributed by atoms with Crippen molar-refractivity contribution in [3.05, 3.63) is 23.9 Å². The van der Waals surface area contributed by atoms with Gasteiger partial charge in [0, 0.05) is 25.4 Å². The molecule has 0 spiro atoms. The quantitative estimate of drug-likeness (QED) is 0.794. The lowest BCUT2D eigenvalue weighted by molar-refractivity contribution is -0.119. The average Bonchev–Trinajstić information content (AvgIpc) is 2.31. The van der Waals surface area contributed by atoms with Gasteiger partial charge in [0.15, 0.2) is 0 Å². The van der Waals surface area contributed by atoms with E-state index in [2.05, 4.69) is 15.6 Å². The number of imide groups is 1. The zero-order chi connectivity index (χ0) is 12.7. The molecule has 0 aliphatic rings. The summed E-state index contributed by atoms with van der Waals surface area (Å²) in [6.07, 6.45) is 2.07. The highest BCUT2D eigenvalue weighted by atomic mass is 32.2. The maximum Gasteiger partial charge on any atom is 0.321 e. The van der Waals surface area contributed by atoms with Gasteiger partial charge in [-0.2, -0.15) is 0 Å². The number of thioether (sulfide) groups is 1. The molecule has 1 aromatic rings. The molecule has 92 valence electrons. The maximum absolute atomic E-state index is 11.3. The summed E-state index contributed by atoms with van der Waals surface area (Å²) >= 11 is 1.49. The lowest BCUT2D eigenvalue weighted by atomic mass is 10.3. The highest BCUT2D eigenvalue weighted by molar-refractivity contribution is 7.99. The van der Waals surface area contributed by atoms with Crippen molar-refractivity contribution in [2.24, 2.45) is 0 Å². The Morgan fingerprint density at radius 2 is 2.18 bits per heavy atom. The molecule has 0 bridgehead atoms. The molecular formula is C11H15N3O2S. The van der Waals surface area contributed by atoms with Crippen LogP contribution in [0.4, 0.5) is 4.79 Å². The van der Waals surface area contributed by atoms with Crippen LogP contribution in [0.1, 0.15) is 12.0 Å². The fourth-order valence-electron chi connectivity index (χ4n) is 1.04. The van der Waals surface area contributed by atoms with Gasteiger partial charge in [-0.1, -0.05) is 6.07 Å². The third-order valence-electron chi connectivity index (χ3n) is 1.94. The summed E-state index contributed by atoms with van der Waals surface area (Å²) in [5, 5.41) is 5.40. The van der Waals surface area contributed by atoms with E-state index in [9.17, 15) is 9.59 Å². The van der Waals surface area contributed by atoms with Crippen LogP contribution in [0.3, 0.4) is 0 Å². The van der Waals surface area contributed by atoms with Crippen molar-refractivity contribution in [1.82, 2.24) is 15.6 Å². The van der Waals surface area contributed by atoms with Gasteiger partial charge in [-0.15, -0.1) is 11.8 Å². The summed E-state index contributed by atoms with van der Waals surface area (Å²) in [5.74, 6) is 0.308. The molecule has 5 nitrogen and oxygen atoms in total. The zero-order valence-corrected chi connectivity index (χ0v) is 10.6. The van der Waals surface area contributed by atoms with Crippen LogP contribution >= 0.6 is 11.8 Å². The van der Waals surface area contributed by atoms with Crippen LogP contribution in [0.5, 0.6) is 0 Å². The van der Waals surface area contributed by atoms with E-state index in [-0.39, 0.29) is 12.3 Å². The number of nitrogens with one attached hydrogen (secondary N) is 2. The first-order valence-corrected chi connectivity index (χ1v) is 6.17. The number of aromatic nitrogens is 1. The van der Waals surface area contributed by atoms with Gasteiger partial charge in [0.25, 0.3) is 0 Å². The molecule has 0 aliphatic carbocycles. The van der Waals surface area contributed by atoms with Crippen LogP contribution < -0.4 is 10.6 Å². The SMILES string of the molecule is CNC(=O)NC(=O)CCSc1ccc(C)cn1. The monoisotopic (exact) mass is 253 g/mol. The molecule has 0 aromatic carbocycles. The molecule has 1 rings (SSSR count). The van der Waals surface area contributed by atoms with Gasteiger partial charge >= 0.3 is 6.03 Å². The first kappa shape index (κ1) is 13.5. The van der Waals surface area contributed by atoms with E-state index in [1.165, 1.54) is 18.8 Å². The molecule has 6 heteroatoms. The average molecular weight is 253 g/mol. The highest BCUT2D eigenvalue weighted by Gasteiger charge is 2.05. The van der Waals surface area contributed by atoms with Crippen molar-refractivity contribution in [1.29, 1.82) is 0 Å². The fourth-order valence-corrected chi connectivity index (χ4v) is 1.83. The summed E-state index contributed by atoms with van der Waals surface area (Å²) in [6, 6.07) is 3.41. The van der Waals surface area contributed by atoms with Gasteiger partial charge in [0.05, 0.1) is 5.03 Å². The summed E-state index contributed by atoms with van der Waals surface area (Å²) in [5.41, 5.74) is 1.10. The molecule has 1 heterocycles. The molecule has 0 atom stereocenters. The topological polar surface area (TPSA) is 71.1 Å². The summed E-state index contributed by atoms with van der Waals surface area (Å²) < 4.78 is 0. The molecule has 0 saturated heterocycles. The van der Waals surface area contributed by atoms with Crippen LogP contribution in [0, 0.1) is 6.92 Å². The van der Waals surface area contributed by atoms with E-state index in [0.29, 0.717) is 5.75 Å². The fraction of sp³-hybridized carbons (Fsp3) is 0.364. The first-order valence-electron chi connectivity index (χ1n) is 5.19. The minimum atomic E-state index is -0.478. The molecule has 0 aliphatic heterocycles. The molecule has 2 N–H and O–H groups in total. The number of rotatable bonds is 4. The van der Waals surface area contributed by atoms with Crippen LogP contribution in [-0.4, -0.2) is 29.7 Å². The Hall–Kier alpha value is -1.56. The molecule has 3 amide bonds. The Morgan fingerprint density at radius 1 is 1.41 bits per heavy atom. The van der Waals surface area contributed by atoms with Crippen LogP contribution in [0.2, 0.25) is 0 Å². The van der Waals surface area contributed by atoms with Gasteiger partial charge in [-0.3, -0.25) is 10.1 Å². The van der Waals surface area contributed by atoms with E-state index < -0.39 is 6.03 Å². The Bertz CT molecular complexity index is 392. The Kier molecular flexibility index (Phi) is 5.48. The number of carbonyl (C=O) groups is 2. The highest BCUT2D eigenvalue weighted by Crippen LogP contribution is 2.15. The molecule has 1 aromatic heterocycles. The van der Waals surface area contributed by atoms with Crippen molar-refractivity contribution < 1.29 is 9.59 Å². The second-order valence-electron chi connectivity index (χ2n) is 3.40. The number of pyridine rings is 1. The van der Waals surface area contributed by atoms with Crippen molar-refractivity contribution in [2.75, 3.05) is 12.8 Å². The maximum atomic E-state index is 11.3. The zero-order valence-electron chi connectivity index (χ0n) is 9.82. The van der Waals surface area contributed by atoms with E-state index in [4.69, 9.17) is 0 Å². The standard InChI is InChI=1S/C11H15N3O2S/c1-8-3-4-10(13-7-8)17-6-5-9(15)14-11(16)12-2/h3-4,7H,5-6H2,1-2H3,(H2,12,14,15,16).